The maximum atomic E-state index is 13.7. The molecule has 29 heavy (non-hydrogen) atoms. The molecule has 0 saturated carbocycles. The van der Waals surface area contributed by atoms with Crippen LogP contribution in [-0.4, -0.2) is 16.6 Å². The zero-order valence-electron chi connectivity index (χ0n) is 14.4. The van der Waals surface area contributed by atoms with E-state index in [1.54, 1.807) is 0 Å². The highest BCUT2D eigenvalue weighted by Gasteiger charge is 2.37. The van der Waals surface area contributed by atoms with E-state index in [1.165, 1.54) is 18.2 Å². The maximum absolute atomic E-state index is 13.7. The van der Waals surface area contributed by atoms with Crippen LogP contribution < -0.4 is 5.32 Å². The van der Waals surface area contributed by atoms with Crippen molar-refractivity contribution in [3.63, 3.8) is 0 Å². The number of pyridine rings is 1. The third kappa shape index (κ3) is 4.42. The van der Waals surface area contributed by atoms with Gasteiger partial charge in [0.05, 0.1) is 22.9 Å². The van der Waals surface area contributed by atoms with Crippen LogP contribution in [0.4, 0.5) is 36.4 Å². The van der Waals surface area contributed by atoms with Gasteiger partial charge >= 0.3 is 12.4 Å². The number of fused-ring (bicyclic) bond motifs is 1. The Morgan fingerprint density at radius 2 is 1.62 bits per heavy atom. The van der Waals surface area contributed by atoms with Crippen LogP contribution in [0.2, 0.25) is 0 Å². The molecule has 1 aromatic heterocycles. The standard InChI is InChI=1S/C19H13F7N2O/c20-13-6-1-2-7-14(13)27-9-15(29)11-8-16(19(24,25)26)28-17-10(11)4-3-5-12(17)18(21,22)23/h1-8,15,27,29H,9H2. The third-order valence-corrected chi connectivity index (χ3v) is 4.19. The smallest absolute Gasteiger partial charge is 0.387 e. The summed E-state index contributed by atoms with van der Waals surface area (Å²) in [5.41, 5.74) is -4.26. The van der Waals surface area contributed by atoms with Gasteiger partial charge in [-0.1, -0.05) is 24.3 Å². The van der Waals surface area contributed by atoms with Gasteiger partial charge in [0.2, 0.25) is 0 Å². The minimum atomic E-state index is -5.03. The number of nitrogens with one attached hydrogen (secondary N) is 1. The van der Waals surface area contributed by atoms with Gasteiger partial charge in [0.25, 0.3) is 0 Å². The van der Waals surface area contributed by atoms with Gasteiger partial charge in [0.15, 0.2) is 0 Å². The number of hydrogen-bond acceptors (Lipinski definition) is 3. The second-order valence-corrected chi connectivity index (χ2v) is 6.17. The summed E-state index contributed by atoms with van der Waals surface area (Å²) in [6.45, 7) is -0.437. The molecule has 0 radical (unpaired) electrons. The van der Waals surface area contributed by atoms with Crippen LogP contribution in [-0.2, 0) is 12.4 Å². The second kappa shape index (κ2) is 7.51. The van der Waals surface area contributed by atoms with Gasteiger partial charge in [0.1, 0.15) is 11.5 Å². The Morgan fingerprint density at radius 1 is 0.931 bits per heavy atom. The zero-order valence-corrected chi connectivity index (χ0v) is 14.4. The van der Waals surface area contributed by atoms with Gasteiger partial charge in [-0.25, -0.2) is 9.37 Å². The maximum Gasteiger partial charge on any atom is 0.433 e. The van der Waals surface area contributed by atoms with E-state index in [9.17, 15) is 35.8 Å². The summed E-state index contributed by atoms with van der Waals surface area (Å²) in [6.07, 6.45) is -11.6. The molecule has 0 saturated heterocycles. The number of benzene rings is 2. The van der Waals surface area contributed by atoms with Crippen molar-refractivity contribution in [3.8, 4) is 0 Å². The molecule has 1 unspecified atom stereocenters. The largest absolute Gasteiger partial charge is 0.433 e. The first-order valence-corrected chi connectivity index (χ1v) is 8.23. The van der Waals surface area contributed by atoms with E-state index in [0.29, 0.717) is 12.1 Å². The number of alkyl halides is 6. The van der Waals surface area contributed by atoms with Gasteiger partial charge in [-0.2, -0.15) is 26.3 Å². The van der Waals surface area contributed by atoms with E-state index in [0.717, 1.165) is 18.2 Å². The Morgan fingerprint density at radius 3 is 2.24 bits per heavy atom. The van der Waals surface area contributed by atoms with Gasteiger partial charge in [-0.05, 0) is 29.8 Å². The number of aliphatic hydroxyl groups is 1. The number of halogens is 7. The van der Waals surface area contributed by atoms with Crippen LogP contribution in [0.25, 0.3) is 10.9 Å². The van der Waals surface area contributed by atoms with Gasteiger partial charge < -0.3 is 10.4 Å². The molecule has 0 aliphatic rings. The summed E-state index contributed by atoms with van der Waals surface area (Å²) < 4.78 is 93.0. The van der Waals surface area contributed by atoms with E-state index < -0.39 is 53.2 Å². The molecule has 0 spiro atoms. The van der Waals surface area contributed by atoms with E-state index in [2.05, 4.69) is 10.3 Å². The summed E-state index contributed by atoms with van der Waals surface area (Å²) in [5, 5.41) is 12.6. The number of hydrogen-bond donors (Lipinski definition) is 2. The van der Waals surface area contributed by atoms with Crippen molar-refractivity contribution < 1.29 is 35.8 Å². The van der Waals surface area contributed by atoms with Crippen LogP contribution in [0, 0.1) is 5.82 Å². The Bertz CT molecular complexity index is 1030. The first-order chi connectivity index (χ1) is 13.5. The van der Waals surface area contributed by atoms with Crippen molar-refractivity contribution in [1.82, 2.24) is 4.98 Å². The average Bonchev–Trinajstić information content (AvgIpc) is 2.64. The molecule has 3 aromatic rings. The summed E-state index contributed by atoms with van der Waals surface area (Å²) in [7, 11) is 0. The van der Waals surface area contributed by atoms with Crippen LogP contribution in [0.3, 0.4) is 0 Å². The number of rotatable bonds is 4. The molecule has 3 rings (SSSR count). The van der Waals surface area contributed by atoms with Crippen LogP contribution in [0.5, 0.6) is 0 Å². The SMILES string of the molecule is OC(CNc1ccccc1F)c1cc(C(F)(F)F)nc2c(C(F)(F)F)cccc12. The fraction of sp³-hybridized carbons (Fsp3) is 0.211. The molecule has 2 N–H and O–H groups in total. The number of aromatic nitrogens is 1. The van der Waals surface area contributed by atoms with Crippen LogP contribution >= 0.6 is 0 Å². The fourth-order valence-corrected chi connectivity index (χ4v) is 2.85. The van der Waals surface area contributed by atoms with E-state index in [4.69, 9.17) is 0 Å². The fourth-order valence-electron chi connectivity index (χ4n) is 2.85. The first-order valence-electron chi connectivity index (χ1n) is 8.23. The minimum Gasteiger partial charge on any atom is -0.387 e. The topological polar surface area (TPSA) is 45.1 Å². The molecule has 0 aliphatic carbocycles. The first kappa shape index (κ1) is 20.8. The highest BCUT2D eigenvalue weighted by atomic mass is 19.4. The van der Waals surface area contributed by atoms with Crippen molar-refractivity contribution in [2.45, 2.75) is 18.5 Å². The normalized spacial score (nSPS) is 13.5. The molecule has 154 valence electrons. The Labute approximate surface area is 159 Å². The van der Waals surface area contributed by atoms with Crippen molar-refractivity contribution in [2.75, 3.05) is 11.9 Å². The average molecular weight is 418 g/mol. The van der Waals surface area contributed by atoms with Gasteiger partial charge in [0, 0.05) is 11.9 Å². The van der Waals surface area contributed by atoms with E-state index in [1.807, 2.05) is 0 Å². The van der Waals surface area contributed by atoms with E-state index in [-0.39, 0.29) is 11.1 Å². The molecule has 2 aromatic carbocycles. The number of anilines is 1. The molecular weight excluding hydrogens is 405 g/mol. The van der Waals surface area contributed by atoms with Crippen LogP contribution in [0.1, 0.15) is 22.9 Å². The van der Waals surface area contributed by atoms with Crippen molar-refractivity contribution in [2.24, 2.45) is 0 Å². The molecule has 1 heterocycles. The molecular formula is C19H13F7N2O. The molecule has 10 heteroatoms. The van der Waals surface area contributed by atoms with Crippen LogP contribution in [0.15, 0.2) is 48.5 Å². The molecule has 0 aliphatic heterocycles. The van der Waals surface area contributed by atoms with Gasteiger partial charge in [-0.3, -0.25) is 0 Å². The number of nitrogens with zero attached hydrogens (tertiary/aromatic N) is 1. The summed E-state index contributed by atoms with van der Waals surface area (Å²) in [4.78, 5) is 3.15. The van der Waals surface area contributed by atoms with Crippen molar-refractivity contribution in [3.05, 3.63) is 71.2 Å². The van der Waals surface area contributed by atoms with Crippen molar-refractivity contribution in [1.29, 1.82) is 0 Å². The number of aliphatic hydroxyl groups excluding tert-OH is 1. The van der Waals surface area contributed by atoms with E-state index >= 15 is 0 Å². The molecule has 0 bridgehead atoms. The molecule has 3 nitrogen and oxygen atoms in total. The molecule has 0 fully saturated rings. The third-order valence-electron chi connectivity index (χ3n) is 4.19. The highest BCUT2D eigenvalue weighted by molar-refractivity contribution is 5.86. The predicted molar refractivity (Wildman–Crippen MR) is 91.6 cm³/mol. The summed E-state index contributed by atoms with van der Waals surface area (Å²) in [6, 6.07) is 8.65. The monoisotopic (exact) mass is 418 g/mol. The Balaban J connectivity index is 2.09. The zero-order chi connectivity index (χ0) is 21.4. The minimum absolute atomic E-state index is 0.0167. The molecule has 0 amide bonds. The van der Waals surface area contributed by atoms with Gasteiger partial charge in [-0.15, -0.1) is 0 Å². The quantitative estimate of drug-likeness (QED) is 0.546. The lowest BCUT2D eigenvalue weighted by Gasteiger charge is -2.19. The lowest BCUT2D eigenvalue weighted by atomic mass is 9.99. The lowest BCUT2D eigenvalue weighted by Crippen LogP contribution is -2.17. The Kier molecular flexibility index (Phi) is 5.40. The lowest BCUT2D eigenvalue weighted by molar-refractivity contribution is -0.142. The summed E-state index contributed by atoms with van der Waals surface area (Å²) >= 11 is 0. The second-order valence-electron chi connectivity index (χ2n) is 6.17. The summed E-state index contributed by atoms with van der Waals surface area (Å²) in [5.74, 6) is -0.658. The predicted octanol–water partition coefficient (Wildman–Crippen LogP) is 5.56. The number of para-hydroxylation sites is 2. The highest BCUT2D eigenvalue weighted by Crippen LogP contribution is 2.39. The van der Waals surface area contributed by atoms with Crippen molar-refractivity contribution >= 4 is 16.6 Å². The Hall–Kier alpha value is -2.88. The molecule has 1 atom stereocenters.